The first-order chi connectivity index (χ1) is 12.7. The maximum absolute atomic E-state index is 13.0. The third-order valence-corrected chi connectivity index (χ3v) is 3.73. The van der Waals surface area contributed by atoms with Crippen LogP contribution in [0, 0.1) is 5.82 Å². The van der Waals surface area contributed by atoms with Gasteiger partial charge in [0.1, 0.15) is 5.82 Å². The zero-order chi connectivity index (χ0) is 18.4. The molecule has 0 amide bonds. The summed E-state index contributed by atoms with van der Waals surface area (Å²) < 4.78 is 19.8. The molecule has 3 rings (SSSR count). The second-order valence-electron chi connectivity index (χ2n) is 5.64. The molecule has 6 nitrogen and oxygen atoms in total. The highest BCUT2D eigenvalue weighted by atomic mass is 19.1. The fourth-order valence-electron chi connectivity index (χ4n) is 2.45. The third kappa shape index (κ3) is 4.46. The Labute approximate surface area is 151 Å². The summed E-state index contributed by atoms with van der Waals surface area (Å²) in [6, 6.07) is 15.7. The van der Waals surface area contributed by atoms with Crippen molar-refractivity contribution in [3.63, 3.8) is 0 Å². The van der Waals surface area contributed by atoms with Crippen LogP contribution in [0.15, 0.2) is 65.8 Å². The van der Waals surface area contributed by atoms with Crippen LogP contribution in [0.5, 0.6) is 0 Å². The molecule has 26 heavy (non-hydrogen) atoms. The van der Waals surface area contributed by atoms with Gasteiger partial charge in [-0.25, -0.2) is 14.1 Å². The van der Waals surface area contributed by atoms with Crippen molar-refractivity contribution >= 4 is 11.6 Å². The second-order valence-corrected chi connectivity index (χ2v) is 5.64. The van der Waals surface area contributed by atoms with E-state index in [9.17, 15) is 4.39 Å². The van der Waals surface area contributed by atoms with Crippen molar-refractivity contribution in [2.45, 2.75) is 13.2 Å². The molecule has 0 fully saturated rings. The number of halogens is 1. The second kappa shape index (κ2) is 8.26. The number of hydrogen-bond donors (Lipinski definition) is 2. The molecule has 0 aliphatic rings. The number of para-hydroxylation sites is 1. The van der Waals surface area contributed by atoms with Gasteiger partial charge in [-0.15, -0.1) is 0 Å². The van der Waals surface area contributed by atoms with Crippen molar-refractivity contribution < 1.29 is 9.13 Å². The van der Waals surface area contributed by atoms with E-state index in [0.29, 0.717) is 19.1 Å². The van der Waals surface area contributed by atoms with E-state index in [4.69, 9.17) is 10.5 Å². The standard InChI is InChI=1S/C19H20FN5O/c1-26-13-14-4-2-3-5-18(14)23-19(21)22-12-16-10-11-25(24-16)17-8-6-15(20)7-9-17/h2-11H,12-13H2,1H3,(H3,21,22,23). The number of aromatic nitrogens is 2. The number of nitrogens with two attached hydrogens (primary N) is 1. The summed E-state index contributed by atoms with van der Waals surface area (Å²) in [5, 5.41) is 7.50. The van der Waals surface area contributed by atoms with E-state index < -0.39 is 0 Å². The fraction of sp³-hybridized carbons (Fsp3) is 0.158. The van der Waals surface area contributed by atoms with Crippen LogP contribution in [0.25, 0.3) is 5.69 Å². The minimum Gasteiger partial charge on any atom is -0.380 e. The number of nitrogens with one attached hydrogen (secondary N) is 1. The molecule has 0 atom stereocenters. The minimum atomic E-state index is -0.279. The number of anilines is 1. The Bertz CT molecular complexity index is 889. The lowest BCUT2D eigenvalue weighted by Crippen LogP contribution is -2.23. The highest BCUT2D eigenvalue weighted by Crippen LogP contribution is 2.15. The van der Waals surface area contributed by atoms with Crippen LogP contribution in [0.4, 0.5) is 10.1 Å². The molecule has 7 heteroatoms. The number of methoxy groups -OCH3 is 1. The van der Waals surface area contributed by atoms with Gasteiger partial charge in [-0.1, -0.05) is 18.2 Å². The first kappa shape index (κ1) is 17.6. The Kier molecular flexibility index (Phi) is 5.60. The van der Waals surface area contributed by atoms with Gasteiger partial charge in [0.2, 0.25) is 0 Å². The number of nitrogens with zero attached hydrogens (tertiary/aromatic N) is 3. The van der Waals surface area contributed by atoms with Gasteiger partial charge >= 0.3 is 0 Å². The van der Waals surface area contributed by atoms with Crippen LogP contribution in [0.1, 0.15) is 11.3 Å². The molecule has 3 N–H and O–H groups in total. The smallest absolute Gasteiger partial charge is 0.193 e. The summed E-state index contributed by atoms with van der Waals surface area (Å²) in [6.45, 7) is 0.817. The van der Waals surface area contributed by atoms with Crippen molar-refractivity contribution in [2.24, 2.45) is 10.7 Å². The number of hydrogen-bond acceptors (Lipinski definition) is 3. The third-order valence-electron chi connectivity index (χ3n) is 3.73. The largest absolute Gasteiger partial charge is 0.380 e. The van der Waals surface area contributed by atoms with E-state index in [-0.39, 0.29) is 5.82 Å². The predicted octanol–water partition coefficient (Wildman–Crippen LogP) is 3.08. The number of rotatable bonds is 6. The van der Waals surface area contributed by atoms with Crippen LogP contribution in [0.2, 0.25) is 0 Å². The average Bonchev–Trinajstić information content (AvgIpc) is 3.11. The molecule has 134 valence electrons. The molecule has 0 radical (unpaired) electrons. The van der Waals surface area contributed by atoms with Gasteiger partial charge in [-0.05, 0) is 36.4 Å². The van der Waals surface area contributed by atoms with E-state index in [1.54, 1.807) is 30.1 Å². The normalized spacial score (nSPS) is 11.5. The molecule has 0 bridgehead atoms. The quantitative estimate of drug-likeness (QED) is 0.527. The van der Waals surface area contributed by atoms with E-state index >= 15 is 0 Å². The van der Waals surface area contributed by atoms with Crippen LogP contribution >= 0.6 is 0 Å². The van der Waals surface area contributed by atoms with Crippen LogP contribution in [0.3, 0.4) is 0 Å². The van der Waals surface area contributed by atoms with Crippen LogP contribution in [-0.2, 0) is 17.9 Å². The first-order valence-electron chi connectivity index (χ1n) is 8.10. The molecule has 0 saturated carbocycles. The molecule has 2 aromatic carbocycles. The summed E-state index contributed by atoms with van der Waals surface area (Å²) in [7, 11) is 1.64. The van der Waals surface area contributed by atoms with Gasteiger partial charge in [-0.2, -0.15) is 5.10 Å². The summed E-state index contributed by atoms with van der Waals surface area (Å²) >= 11 is 0. The highest BCUT2D eigenvalue weighted by molar-refractivity contribution is 5.92. The predicted molar refractivity (Wildman–Crippen MR) is 99.6 cm³/mol. The number of guanidine groups is 1. The van der Waals surface area contributed by atoms with E-state index in [2.05, 4.69) is 15.4 Å². The maximum Gasteiger partial charge on any atom is 0.193 e. The van der Waals surface area contributed by atoms with E-state index in [1.807, 2.05) is 30.3 Å². The van der Waals surface area contributed by atoms with Crippen molar-refractivity contribution in [2.75, 3.05) is 12.4 Å². The number of benzene rings is 2. The summed E-state index contributed by atoms with van der Waals surface area (Å²) in [6.07, 6.45) is 1.80. The molecule has 0 aliphatic heterocycles. The number of aliphatic imine (C=N–C) groups is 1. The summed E-state index contributed by atoms with van der Waals surface area (Å²) in [5.74, 6) is 0.0169. The lowest BCUT2D eigenvalue weighted by molar-refractivity contribution is 0.185. The highest BCUT2D eigenvalue weighted by Gasteiger charge is 2.04. The molecule has 1 aromatic heterocycles. The van der Waals surface area contributed by atoms with Crippen molar-refractivity contribution in [3.05, 3.63) is 77.9 Å². The number of ether oxygens (including phenoxy) is 1. The first-order valence-corrected chi connectivity index (χ1v) is 8.10. The van der Waals surface area contributed by atoms with Crippen molar-refractivity contribution in [1.29, 1.82) is 0 Å². The van der Waals surface area contributed by atoms with Gasteiger partial charge in [0.05, 0.1) is 24.5 Å². The monoisotopic (exact) mass is 353 g/mol. The Morgan fingerprint density at radius 2 is 1.96 bits per heavy atom. The lowest BCUT2D eigenvalue weighted by atomic mass is 10.2. The Morgan fingerprint density at radius 1 is 1.19 bits per heavy atom. The molecular weight excluding hydrogens is 333 g/mol. The van der Waals surface area contributed by atoms with Crippen LogP contribution < -0.4 is 11.1 Å². The van der Waals surface area contributed by atoms with Gasteiger partial charge in [0.15, 0.2) is 5.96 Å². The van der Waals surface area contributed by atoms with E-state index in [1.165, 1.54) is 12.1 Å². The maximum atomic E-state index is 13.0. The molecule has 0 aliphatic carbocycles. The zero-order valence-electron chi connectivity index (χ0n) is 14.4. The van der Waals surface area contributed by atoms with Crippen molar-refractivity contribution in [1.82, 2.24) is 9.78 Å². The van der Waals surface area contributed by atoms with Gasteiger partial charge in [0.25, 0.3) is 0 Å². The molecule has 0 spiro atoms. The molecule has 1 heterocycles. The average molecular weight is 353 g/mol. The van der Waals surface area contributed by atoms with Gasteiger partial charge in [0, 0.05) is 24.6 Å². The Balaban J connectivity index is 1.65. The molecule has 0 saturated heterocycles. The zero-order valence-corrected chi connectivity index (χ0v) is 14.4. The summed E-state index contributed by atoms with van der Waals surface area (Å²) in [4.78, 5) is 4.32. The Hall–Kier alpha value is -3.19. The van der Waals surface area contributed by atoms with E-state index in [0.717, 1.165) is 22.6 Å². The van der Waals surface area contributed by atoms with Gasteiger partial charge < -0.3 is 15.8 Å². The molecule has 3 aromatic rings. The topological polar surface area (TPSA) is 77.5 Å². The van der Waals surface area contributed by atoms with Crippen molar-refractivity contribution in [3.8, 4) is 5.69 Å². The molecular formula is C19H20FN5O. The van der Waals surface area contributed by atoms with Gasteiger partial charge in [-0.3, -0.25) is 0 Å². The Morgan fingerprint density at radius 3 is 2.73 bits per heavy atom. The minimum absolute atomic E-state index is 0.279. The fourth-order valence-corrected chi connectivity index (χ4v) is 2.45. The van der Waals surface area contributed by atoms with Crippen LogP contribution in [-0.4, -0.2) is 22.8 Å². The summed E-state index contributed by atoms with van der Waals surface area (Å²) in [5.41, 5.74) is 9.36. The SMILES string of the molecule is COCc1ccccc1NC(N)=NCc1ccn(-c2ccc(F)cc2)n1. The lowest BCUT2D eigenvalue weighted by Gasteiger charge is -2.10. The molecule has 0 unspecified atom stereocenters.